The van der Waals surface area contributed by atoms with Crippen molar-refractivity contribution in [1.29, 1.82) is 0 Å². The van der Waals surface area contributed by atoms with Crippen LogP contribution in [-0.4, -0.2) is 27.5 Å². The third-order valence-corrected chi connectivity index (χ3v) is 2.51. The molecule has 0 aliphatic heterocycles. The molecule has 2 N–H and O–H groups in total. The monoisotopic (exact) mass is 222 g/mol. The zero-order valence-corrected chi connectivity index (χ0v) is 10.7. The van der Waals surface area contributed by atoms with Crippen LogP contribution in [0.3, 0.4) is 0 Å². The summed E-state index contributed by atoms with van der Waals surface area (Å²) in [5.41, 5.74) is 6.65. The van der Waals surface area contributed by atoms with Crippen molar-refractivity contribution in [2.75, 3.05) is 12.3 Å². The molecule has 1 aromatic heterocycles. The van der Waals surface area contributed by atoms with Gasteiger partial charge in [-0.05, 0) is 33.7 Å². The molecule has 1 aromatic rings. The van der Waals surface area contributed by atoms with Crippen LogP contribution in [0.1, 0.15) is 38.7 Å². The van der Waals surface area contributed by atoms with Gasteiger partial charge < -0.3 is 5.73 Å². The zero-order valence-electron chi connectivity index (χ0n) is 10.7. The van der Waals surface area contributed by atoms with Crippen LogP contribution >= 0.6 is 0 Å². The van der Waals surface area contributed by atoms with Crippen molar-refractivity contribution in [1.82, 2.24) is 14.9 Å². The number of hydrogen-bond acceptors (Lipinski definition) is 4. The van der Waals surface area contributed by atoms with E-state index in [0.717, 1.165) is 31.0 Å². The molecule has 0 spiro atoms. The molecule has 0 amide bonds. The molecule has 0 unspecified atom stereocenters. The average Bonchev–Trinajstić information content (AvgIpc) is 2.15. The Balaban J connectivity index is 2.76. The van der Waals surface area contributed by atoms with E-state index in [9.17, 15) is 0 Å². The van der Waals surface area contributed by atoms with E-state index < -0.39 is 0 Å². The third-order valence-electron chi connectivity index (χ3n) is 2.51. The van der Waals surface area contributed by atoms with E-state index in [4.69, 9.17) is 5.73 Å². The highest BCUT2D eigenvalue weighted by Crippen LogP contribution is 2.08. The highest BCUT2D eigenvalue weighted by atomic mass is 15.2. The summed E-state index contributed by atoms with van der Waals surface area (Å²) >= 11 is 0. The summed E-state index contributed by atoms with van der Waals surface area (Å²) in [5, 5.41) is 0. The maximum atomic E-state index is 5.72. The lowest BCUT2D eigenvalue weighted by molar-refractivity contribution is 0.208. The second-order valence-corrected chi connectivity index (χ2v) is 4.41. The molecule has 16 heavy (non-hydrogen) atoms. The van der Waals surface area contributed by atoms with Crippen molar-refractivity contribution >= 4 is 5.82 Å². The predicted octanol–water partition coefficient (Wildman–Crippen LogP) is 1.99. The Kier molecular flexibility index (Phi) is 4.68. The van der Waals surface area contributed by atoms with Crippen molar-refractivity contribution < 1.29 is 0 Å². The fourth-order valence-electron chi connectivity index (χ4n) is 1.72. The molecule has 0 fully saturated rings. The SMILES string of the molecule is CCCN(Cc1nc(C)cc(N)n1)C(C)C. The Labute approximate surface area is 97.9 Å². The van der Waals surface area contributed by atoms with Crippen LogP contribution in [0.15, 0.2) is 6.07 Å². The van der Waals surface area contributed by atoms with Gasteiger partial charge in [0, 0.05) is 17.8 Å². The van der Waals surface area contributed by atoms with Crippen molar-refractivity contribution in [3.8, 4) is 0 Å². The lowest BCUT2D eigenvalue weighted by Crippen LogP contribution is -2.31. The van der Waals surface area contributed by atoms with Crippen LogP contribution in [0.5, 0.6) is 0 Å². The normalized spacial score (nSPS) is 11.4. The predicted molar refractivity (Wildman–Crippen MR) is 67.0 cm³/mol. The van der Waals surface area contributed by atoms with Gasteiger partial charge in [-0.1, -0.05) is 6.92 Å². The molecule has 1 rings (SSSR count). The van der Waals surface area contributed by atoms with E-state index in [-0.39, 0.29) is 0 Å². The second-order valence-electron chi connectivity index (χ2n) is 4.41. The largest absolute Gasteiger partial charge is 0.384 e. The first-order valence-corrected chi connectivity index (χ1v) is 5.87. The van der Waals surface area contributed by atoms with Crippen molar-refractivity contribution in [3.05, 3.63) is 17.6 Å². The molecule has 90 valence electrons. The minimum Gasteiger partial charge on any atom is -0.384 e. The molecule has 0 saturated heterocycles. The molecule has 0 aromatic carbocycles. The van der Waals surface area contributed by atoms with Gasteiger partial charge in [-0.25, -0.2) is 9.97 Å². The topological polar surface area (TPSA) is 55.0 Å². The molecule has 0 radical (unpaired) electrons. The Morgan fingerprint density at radius 3 is 2.56 bits per heavy atom. The van der Waals surface area contributed by atoms with Crippen LogP contribution in [0.25, 0.3) is 0 Å². The van der Waals surface area contributed by atoms with E-state index in [0.29, 0.717) is 11.9 Å². The third kappa shape index (κ3) is 3.77. The number of hydrogen-bond donors (Lipinski definition) is 1. The van der Waals surface area contributed by atoms with E-state index >= 15 is 0 Å². The highest BCUT2D eigenvalue weighted by Gasteiger charge is 2.11. The average molecular weight is 222 g/mol. The van der Waals surface area contributed by atoms with Gasteiger partial charge in [0.25, 0.3) is 0 Å². The van der Waals surface area contributed by atoms with Crippen LogP contribution in [0.2, 0.25) is 0 Å². The van der Waals surface area contributed by atoms with Gasteiger partial charge in [0.2, 0.25) is 0 Å². The van der Waals surface area contributed by atoms with Crippen LogP contribution < -0.4 is 5.73 Å². The van der Waals surface area contributed by atoms with Gasteiger partial charge in [0.15, 0.2) is 0 Å². The Morgan fingerprint density at radius 2 is 2.06 bits per heavy atom. The lowest BCUT2D eigenvalue weighted by Gasteiger charge is -2.25. The molecule has 0 atom stereocenters. The smallest absolute Gasteiger partial charge is 0.144 e. The van der Waals surface area contributed by atoms with E-state index in [1.165, 1.54) is 0 Å². The molecule has 1 heterocycles. The Morgan fingerprint density at radius 1 is 1.38 bits per heavy atom. The van der Waals surface area contributed by atoms with Crippen molar-refractivity contribution in [3.63, 3.8) is 0 Å². The van der Waals surface area contributed by atoms with Crippen LogP contribution in [0.4, 0.5) is 5.82 Å². The summed E-state index contributed by atoms with van der Waals surface area (Å²) in [7, 11) is 0. The maximum Gasteiger partial charge on any atom is 0.144 e. The van der Waals surface area contributed by atoms with Gasteiger partial charge in [0.05, 0.1) is 6.54 Å². The fraction of sp³-hybridized carbons (Fsp3) is 0.667. The number of aromatic nitrogens is 2. The van der Waals surface area contributed by atoms with Crippen LogP contribution in [0, 0.1) is 6.92 Å². The summed E-state index contributed by atoms with van der Waals surface area (Å²) in [6.45, 7) is 10.3. The molecular weight excluding hydrogens is 200 g/mol. The van der Waals surface area contributed by atoms with Gasteiger partial charge in [0.1, 0.15) is 11.6 Å². The second kappa shape index (κ2) is 5.80. The molecular formula is C12H22N4. The number of rotatable bonds is 5. The first-order valence-electron chi connectivity index (χ1n) is 5.87. The van der Waals surface area contributed by atoms with Crippen LogP contribution in [-0.2, 0) is 6.54 Å². The molecule has 4 heteroatoms. The number of nitrogens with zero attached hydrogens (tertiary/aromatic N) is 3. The molecule has 0 aliphatic rings. The minimum atomic E-state index is 0.505. The standard InChI is InChI=1S/C12H22N4/c1-5-6-16(9(2)3)8-12-14-10(4)7-11(13)15-12/h7,9H,5-6,8H2,1-4H3,(H2,13,14,15). The minimum absolute atomic E-state index is 0.505. The van der Waals surface area contributed by atoms with Crippen molar-refractivity contribution in [2.24, 2.45) is 0 Å². The molecule has 0 saturated carbocycles. The Bertz CT molecular complexity index is 316. The van der Waals surface area contributed by atoms with Gasteiger partial charge in [-0.3, -0.25) is 4.90 Å². The molecule has 4 nitrogen and oxygen atoms in total. The quantitative estimate of drug-likeness (QED) is 0.827. The lowest BCUT2D eigenvalue weighted by atomic mass is 10.3. The summed E-state index contributed by atoms with van der Waals surface area (Å²) in [5.74, 6) is 1.38. The van der Waals surface area contributed by atoms with Gasteiger partial charge in [-0.15, -0.1) is 0 Å². The number of nitrogen functional groups attached to an aromatic ring is 1. The fourth-order valence-corrected chi connectivity index (χ4v) is 1.72. The van der Waals surface area contributed by atoms with E-state index in [1.54, 1.807) is 6.07 Å². The first-order chi connectivity index (χ1) is 7.52. The van der Waals surface area contributed by atoms with E-state index in [2.05, 4.69) is 35.6 Å². The van der Waals surface area contributed by atoms with Gasteiger partial charge in [-0.2, -0.15) is 0 Å². The van der Waals surface area contributed by atoms with Gasteiger partial charge >= 0.3 is 0 Å². The zero-order chi connectivity index (χ0) is 12.1. The van der Waals surface area contributed by atoms with E-state index in [1.807, 2.05) is 6.92 Å². The van der Waals surface area contributed by atoms with Crippen molar-refractivity contribution in [2.45, 2.75) is 46.7 Å². The number of aryl methyl sites for hydroxylation is 1. The number of nitrogens with two attached hydrogens (primary N) is 1. The summed E-state index contributed by atoms with van der Waals surface area (Å²) in [6, 6.07) is 2.30. The molecule has 0 aliphatic carbocycles. The first kappa shape index (κ1) is 12.9. The summed E-state index contributed by atoms with van der Waals surface area (Å²) in [6.07, 6.45) is 1.14. The maximum absolute atomic E-state index is 5.72. The summed E-state index contributed by atoms with van der Waals surface area (Å²) < 4.78 is 0. The Hall–Kier alpha value is -1.16. The number of anilines is 1. The molecule has 0 bridgehead atoms. The highest BCUT2D eigenvalue weighted by molar-refractivity contribution is 5.29. The summed E-state index contributed by atoms with van der Waals surface area (Å²) in [4.78, 5) is 11.0.